The largest absolute Gasteiger partial charge is 0.349 e. The molecule has 1 aromatic carbocycles. The number of halogens is 1. The van der Waals surface area contributed by atoms with Crippen LogP contribution in [-0.2, 0) is 13.1 Å². The lowest BCUT2D eigenvalue weighted by molar-refractivity contribution is 0.0927. The molecule has 0 aromatic heterocycles. The molecule has 0 bridgehead atoms. The van der Waals surface area contributed by atoms with E-state index in [9.17, 15) is 4.79 Å². The second-order valence-corrected chi connectivity index (χ2v) is 5.89. The lowest BCUT2D eigenvalue weighted by Gasteiger charge is -2.20. The fourth-order valence-corrected chi connectivity index (χ4v) is 3.30. The van der Waals surface area contributed by atoms with Gasteiger partial charge in [-0.25, -0.2) is 0 Å². The Morgan fingerprint density at radius 2 is 1.95 bits per heavy atom. The monoisotopic (exact) mass is 294 g/mol. The van der Waals surface area contributed by atoms with Crippen molar-refractivity contribution in [2.45, 2.75) is 51.7 Å². The molecule has 1 aromatic rings. The van der Waals surface area contributed by atoms with Crippen LogP contribution in [0.3, 0.4) is 0 Å². The van der Waals surface area contributed by atoms with Crippen molar-refractivity contribution in [1.82, 2.24) is 10.6 Å². The summed E-state index contributed by atoms with van der Waals surface area (Å²) in [6.45, 7) is 3.95. The molecule has 3 nitrogen and oxygen atoms in total. The van der Waals surface area contributed by atoms with Crippen molar-refractivity contribution in [2.24, 2.45) is 5.92 Å². The van der Waals surface area contributed by atoms with Gasteiger partial charge >= 0.3 is 0 Å². The number of nitrogens with one attached hydrogen (secondary N) is 2. The van der Waals surface area contributed by atoms with Gasteiger partial charge < -0.3 is 10.6 Å². The first kappa shape index (κ1) is 15.3. The first-order valence-corrected chi connectivity index (χ1v) is 7.37. The Morgan fingerprint density at radius 3 is 2.70 bits per heavy atom. The molecular weight excluding hydrogens is 272 g/mol. The second kappa shape index (κ2) is 6.59. The van der Waals surface area contributed by atoms with Crippen LogP contribution in [0.15, 0.2) is 18.2 Å². The Balaban J connectivity index is 0.00000147. The topological polar surface area (TPSA) is 41.1 Å². The molecule has 2 N–H and O–H groups in total. The van der Waals surface area contributed by atoms with Crippen LogP contribution < -0.4 is 10.6 Å². The number of carbonyl (C=O) groups is 1. The fraction of sp³-hybridized carbons (Fsp3) is 0.562. The van der Waals surface area contributed by atoms with Crippen molar-refractivity contribution in [1.29, 1.82) is 0 Å². The molecule has 1 aliphatic carbocycles. The van der Waals surface area contributed by atoms with Crippen LogP contribution in [0.5, 0.6) is 0 Å². The number of hydrogen-bond acceptors (Lipinski definition) is 2. The molecule has 110 valence electrons. The van der Waals surface area contributed by atoms with Crippen LogP contribution in [0.1, 0.15) is 54.1 Å². The van der Waals surface area contributed by atoms with Crippen LogP contribution >= 0.6 is 12.4 Å². The van der Waals surface area contributed by atoms with E-state index in [2.05, 4.69) is 23.6 Å². The van der Waals surface area contributed by atoms with Crippen LogP contribution in [0.25, 0.3) is 0 Å². The van der Waals surface area contributed by atoms with Crippen LogP contribution in [-0.4, -0.2) is 11.9 Å². The Morgan fingerprint density at radius 1 is 1.25 bits per heavy atom. The summed E-state index contributed by atoms with van der Waals surface area (Å²) in [6.07, 6.45) is 5.15. The highest BCUT2D eigenvalue weighted by molar-refractivity contribution is 5.94. The van der Waals surface area contributed by atoms with Gasteiger partial charge in [0.2, 0.25) is 0 Å². The van der Waals surface area contributed by atoms with Gasteiger partial charge in [0.25, 0.3) is 5.91 Å². The van der Waals surface area contributed by atoms with Gasteiger partial charge in [0.15, 0.2) is 0 Å². The number of amides is 1. The molecule has 1 heterocycles. The number of hydrogen-bond donors (Lipinski definition) is 2. The smallest absolute Gasteiger partial charge is 0.251 e. The van der Waals surface area contributed by atoms with Crippen molar-refractivity contribution in [3.8, 4) is 0 Å². The molecule has 20 heavy (non-hydrogen) atoms. The van der Waals surface area contributed by atoms with E-state index in [1.807, 2.05) is 12.1 Å². The quantitative estimate of drug-likeness (QED) is 0.900. The minimum Gasteiger partial charge on any atom is -0.349 e. The average Bonchev–Trinajstić information content (AvgIpc) is 3.09. The van der Waals surface area contributed by atoms with Gasteiger partial charge in [-0.3, -0.25) is 4.79 Å². The lowest BCUT2D eigenvalue weighted by atomic mass is 9.99. The zero-order valence-corrected chi connectivity index (χ0v) is 12.8. The van der Waals surface area contributed by atoms with Gasteiger partial charge in [0.05, 0.1) is 0 Å². The molecular formula is C16H23ClN2O. The molecule has 1 amide bonds. The summed E-state index contributed by atoms with van der Waals surface area (Å²) in [4.78, 5) is 12.3. The third kappa shape index (κ3) is 3.15. The van der Waals surface area contributed by atoms with Gasteiger partial charge in [-0.15, -0.1) is 12.4 Å². The maximum Gasteiger partial charge on any atom is 0.251 e. The summed E-state index contributed by atoms with van der Waals surface area (Å²) in [5.41, 5.74) is 3.38. The van der Waals surface area contributed by atoms with E-state index in [0.29, 0.717) is 12.0 Å². The molecule has 0 spiro atoms. The van der Waals surface area contributed by atoms with Crippen LogP contribution in [0.4, 0.5) is 0 Å². The molecule has 3 rings (SSSR count). The number of benzene rings is 1. The maximum atomic E-state index is 12.3. The molecule has 1 unspecified atom stereocenters. The van der Waals surface area contributed by atoms with E-state index >= 15 is 0 Å². The van der Waals surface area contributed by atoms with Crippen molar-refractivity contribution < 1.29 is 4.79 Å². The van der Waals surface area contributed by atoms with Crippen molar-refractivity contribution in [3.05, 3.63) is 34.9 Å². The first-order chi connectivity index (χ1) is 9.24. The van der Waals surface area contributed by atoms with Gasteiger partial charge in [0, 0.05) is 24.7 Å². The molecule has 1 saturated carbocycles. The first-order valence-electron chi connectivity index (χ1n) is 7.37. The Labute approximate surface area is 126 Å². The van der Waals surface area contributed by atoms with Gasteiger partial charge in [-0.2, -0.15) is 0 Å². The summed E-state index contributed by atoms with van der Waals surface area (Å²) < 4.78 is 0. The van der Waals surface area contributed by atoms with Gasteiger partial charge in [-0.05, 0) is 48.9 Å². The summed E-state index contributed by atoms with van der Waals surface area (Å²) in [5, 5.41) is 6.48. The van der Waals surface area contributed by atoms with E-state index in [4.69, 9.17) is 0 Å². The van der Waals surface area contributed by atoms with Crippen LogP contribution in [0.2, 0.25) is 0 Å². The third-order valence-electron chi connectivity index (χ3n) is 4.57. The third-order valence-corrected chi connectivity index (χ3v) is 4.57. The molecule has 0 saturated heterocycles. The van der Waals surface area contributed by atoms with E-state index in [1.165, 1.54) is 36.8 Å². The summed E-state index contributed by atoms with van der Waals surface area (Å²) in [6, 6.07) is 6.35. The van der Waals surface area contributed by atoms with E-state index in [-0.39, 0.29) is 18.3 Å². The maximum absolute atomic E-state index is 12.3. The predicted octanol–water partition coefficient (Wildman–Crippen LogP) is 3.02. The Bertz CT molecular complexity index is 483. The normalized spacial score (nSPS) is 19.2. The zero-order chi connectivity index (χ0) is 13.2. The number of carbonyl (C=O) groups excluding carboxylic acids is 1. The summed E-state index contributed by atoms with van der Waals surface area (Å²) in [7, 11) is 0. The Kier molecular flexibility index (Phi) is 5.06. The fourth-order valence-electron chi connectivity index (χ4n) is 3.30. The molecule has 2 aliphatic rings. The molecule has 1 aliphatic heterocycles. The summed E-state index contributed by atoms with van der Waals surface area (Å²) in [5.74, 6) is 0.745. The SMILES string of the molecule is CC(NC(=O)c1ccc2c(c1)CNC2)C1CCCC1.Cl. The predicted molar refractivity (Wildman–Crippen MR) is 83.1 cm³/mol. The highest BCUT2D eigenvalue weighted by atomic mass is 35.5. The molecule has 1 fully saturated rings. The molecule has 0 radical (unpaired) electrons. The summed E-state index contributed by atoms with van der Waals surface area (Å²) >= 11 is 0. The van der Waals surface area contributed by atoms with E-state index in [0.717, 1.165) is 18.7 Å². The van der Waals surface area contributed by atoms with Crippen LogP contribution in [0, 0.1) is 5.92 Å². The average molecular weight is 295 g/mol. The second-order valence-electron chi connectivity index (χ2n) is 5.89. The van der Waals surface area contributed by atoms with Gasteiger partial charge in [0.1, 0.15) is 0 Å². The van der Waals surface area contributed by atoms with E-state index in [1.54, 1.807) is 0 Å². The molecule has 1 atom stereocenters. The van der Waals surface area contributed by atoms with E-state index < -0.39 is 0 Å². The minimum atomic E-state index is 0. The lowest BCUT2D eigenvalue weighted by Crippen LogP contribution is -2.37. The minimum absolute atomic E-state index is 0. The standard InChI is InChI=1S/C16H22N2O.ClH/c1-11(12-4-2-3-5-12)18-16(19)13-6-7-14-9-17-10-15(14)8-13;/h6-8,11-12,17H,2-5,9-10H2,1H3,(H,18,19);1H. The molecule has 4 heteroatoms. The highest BCUT2D eigenvalue weighted by Gasteiger charge is 2.23. The highest BCUT2D eigenvalue weighted by Crippen LogP contribution is 2.27. The van der Waals surface area contributed by atoms with Gasteiger partial charge in [-0.1, -0.05) is 18.9 Å². The van der Waals surface area contributed by atoms with Crippen molar-refractivity contribution >= 4 is 18.3 Å². The number of fused-ring (bicyclic) bond motifs is 1. The van der Waals surface area contributed by atoms with Crippen molar-refractivity contribution in [3.63, 3.8) is 0 Å². The Hall–Kier alpha value is -1.06. The number of rotatable bonds is 3. The van der Waals surface area contributed by atoms with Crippen molar-refractivity contribution in [2.75, 3.05) is 0 Å². The zero-order valence-electron chi connectivity index (χ0n) is 11.9.